The van der Waals surface area contributed by atoms with Gasteiger partial charge in [-0.25, -0.2) is 9.78 Å². The molecule has 0 radical (unpaired) electrons. The average molecular weight is 693 g/mol. The van der Waals surface area contributed by atoms with Crippen LogP contribution in [0.5, 0.6) is 0 Å². The van der Waals surface area contributed by atoms with Crippen molar-refractivity contribution in [3.05, 3.63) is 52.7 Å². The highest BCUT2D eigenvalue weighted by atomic mass is 35.5. The van der Waals surface area contributed by atoms with Gasteiger partial charge < -0.3 is 35.8 Å². The van der Waals surface area contributed by atoms with Gasteiger partial charge in [-0.05, 0) is 38.0 Å². The van der Waals surface area contributed by atoms with E-state index in [9.17, 15) is 27.6 Å². The molecule has 3 heterocycles. The lowest BCUT2D eigenvalue weighted by Crippen LogP contribution is -2.59. The first-order valence-electron chi connectivity index (χ1n) is 14.6. The summed E-state index contributed by atoms with van der Waals surface area (Å²) in [5.74, 6) is -1.33. The Balaban J connectivity index is 0.00000167. The van der Waals surface area contributed by atoms with Gasteiger partial charge in [0.2, 0.25) is 0 Å². The third kappa shape index (κ3) is 8.41. The van der Waals surface area contributed by atoms with Crippen molar-refractivity contribution in [2.45, 2.75) is 50.6 Å². The number of nitriles is 1. The molecule has 1 aromatic carbocycles. The number of rotatable bonds is 7. The summed E-state index contributed by atoms with van der Waals surface area (Å²) in [5, 5.41) is 31.0. The molecule has 1 aliphatic carbocycles. The first-order valence-corrected chi connectivity index (χ1v) is 15.0. The Morgan fingerprint density at radius 1 is 1.21 bits per heavy atom. The molecule has 5 N–H and O–H groups in total. The van der Waals surface area contributed by atoms with Gasteiger partial charge in [-0.2, -0.15) is 23.5 Å². The largest absolute Gasteiger partial charge is 0.483 e. The molecule has 48 heavy (non-hydrogen) atoms. The predicted octanol–water partition coefficient (Wildman–Crippen LogP) is 2.70. The minimum Gasteiger partial charge on any atom is -0.483 e. The van der Waals surface area contributed by atoms with E-state index in [0.717, 1.165) is 23.6 Å². The zero-order chi connectivity index (χ0) is 35.2. The summed E-state index contributed by atoms with van der Waals surface area (Å²) >= 11 is 6.36. The number of benzene rings is 1. The average Bonchev–Trinajstić information content (AvgIpc) is 3.60. The number of alkyl halides is 3. The van der Waals surface area contributed by atoms with Crippen molar-refractivity contribution in [2.24, 2.45) is 7.05 Å². The van der Waals surface area contributed by atoms with E-state index in [0.29, 0.717) is 25.9 Å². The molecule has 1 unspecified atom stereocenters. The summed E-state index contributed by atoms with van der Waals surface area (Å²) in [6.07, 6.45) is -1.45. The zero-order valence-electron chi connectivity index (χ0n) is 25.7. The van der Waals surface area contributed by atoms with Crippen LogP contribution in [0.3, 0.4) is 0 Å². The van der Waals surface area contributed by atoms with E-state index in [1.807, 2.05) is 6.92 Å². The van der Waals surface area contributed by atoms with Gasteiger partial charge in [-0.1, -0.05) is 11.6 Å². The molecule has 5 rings (SSSR count). The van der Waals surface area contributed by atoms with Crippen LogP contribution in [0.2, 0.25) is 5.02 Å². The molecule has 2 aromatic heterocycles. The third-order valence-corrected chi connectivity index (χ3v) is 7.97. The quantitative estimate of drug-likeness (QED) is 0.231. The molecule has 1 saturated heterocycles. The van der Waals surface area contributed by atoms with E-state index in [2.05, 4.69) is 31.3 Å². The van der Waals surface area contributed by atoms with Crippen molar-refractivity contribution in [3.63, 3.8) is 0 Å². The Labute approximate surface area is 277 Å². The molecule has 1 aliphatic heterocycles. The number of hydrogen-bond acceptors (Lipinski definition) is 8. The lowest BCUT2D eigenvalue weighted by atomic mass is 9.86. The number of nitrogens with one attached hydrogen (secondary N) is 4. The molecule has 1 saturated carbocycles. The van der Waals surface area contributed by atoms with Gasteiger partial charge in [0.25, 0.3) is 18.3 Å². The van der Waals surface area contributed by atoms with Crippen LogP contribution in [0.4, 0.5) is 23.7 Å². The van der Waals surface area contributed by atoms with E-state index in [1.54, 1.807) is 11.0 Å². The number of carbonyl (C=O) groups excluding carboxylic acids is 3. The maximum Gasteiger partial charge on any atom is 0.435 e. The summed E-state index contributed by atoms with van der Waals surface area (Å²) in [5.41, 5.74) is -1.15. The lowest BCUT2D eigenvalue weighted by Gasteiger charge is -2.39. The second-order valence-corrected chi connectivity index (χ2v) is 11.5. The molecule has 0 bridgehead atoms. The number of hydrogen-bond donors (Lipinski definition) is 5. The molecule has 2 aliphatic rings. The Morgan fingerprint density at radius 3 is 2.52 bits per heavy atom. The summed E-state index contributed by atoms with van der Waals surface area (Å²) in [6, 6.07) is 5.97. The van der Waals surface area contributed by atoms with E-state index in [4.69, 9.17) is 26.8 Å². The smallest absolute Gasteiger partial charge is 0.435 e. The minimum absolute atomic E-state index is 0.0297. The Morgan fingerprint density at radius 2 is 1.90 bits per heavy atom. The van der Waals surface area contributed by atoms with Crippen LogP contribution in [0.15, 0.2) is 30.6 Å². The number of piperazine rings is 1. The molecule has 4 amide bonds. The van der Waals surface area contributed by atoms with E-state index < -0.39 is 23.7 Å². The highest BCUT2D eigenvalue weighted by Crippen LogP contribution is 2.36. The summed E-state index contributed by atoms with van der Waals surface area (Å²) in [6.45, 7) is 3.40. The van der Waals surface area contributed by atoms with Crippen molar-refractivity contribution < 1.29 is 37.5 Å². The van der Waals surface area contributed by atoms with Gasteiger partial charge >= 0.3 is 12.2 Å². The number of nitrogens with zero attached hydrogens (tertiary/aromatic N) is 6. The summed E-state index contributed by atoms with van der Waals surface area (Å²) in [7, 11) is 1.38. The number of carbonyl (C=O) groups is 4. The number of urea groups is 1. The first kappa shape index (κ1) is 35.7. The van der Waals surface area contributed by atoms with Crippen LogP contribution in [0.1, 0.15) is 46.4 Å². The van der Waals surface area contributed by atoms with Gasteiger partial charge in [0.15, 0.2) is 11.5 Å². The fourth-order valence-electron chi connectivity index (χ4n) is 5.31. The number of aromatic nitrogens is 4. The van der Waals surface area contributed by atoms with Crippen molar-refractivity contribution >= 4 is 41.6 Å². The highest BCUT2D eigenvalue weighted by molar-refractivity contribution is 6.34. The van der Waals surface area contributed by atoms with Gasteiger partial charge in [-0.15, -0.1) is 0 Å². The second-order valence-electron chi connectivity index (χ2n) is 11.1. The van der Waals surface area contributed by atoms with Crippen molar-refractivity contribution in [3.8, 4) is 17.3 Å². The van der Waals surface area contributed by atoms with Crippen molar-refractivity contribution in [1.29, 1.82) is 5.26 Å². The van der Waals surface area contributed by atoms with Gasteiger partial charge in [0.05, 0.1) is 34.1 Å². The van der Waals surface area contributed by atoms with Crippen LogP contribution in [0.25, 0.3) is 11.3 Å². The molecule has 19 heteroatoms. The number of anilines is 1. The molecule has 256 valence electrons. The number of imidazole rings is 1. The van der Waals surface area contributed by atoms with Crippen LogP contribution in [0, 0.1) is 11.3 Å². The first-order chi connectivity index (χ1) is 22.7. The van der Waals surface area contributed by atoms with Crippen molar-refractivity contribution in [2.75, 3.05) is 25.0 Å². The summed E-state index contributed by atoms with van der Waals surface area (Å²) < 4.78 is 42.9. The Bertz CT molecular complexity index is 1710. The van der Waals surface area contributed by atoms with Gasteiger partial charge in [-0.3, -0.25) is 19.1 Å². The molecular weight excluding hydrogens is 661 g/mol. The highest BCUT2D eigenvalue weighted by Gasteiger charge is 2.39. The van der Waals surface area contributed by atoms with E-state index in [1.165, 1.54) is 29.8 Å². The monoisotopic (exact) mass is 692 g/mol. The zero-order valence-corrected chi connectivity index (χ0v) is 26.5. The Hall–Kier alpha value is -5.15. The number of amides is 4. The predicted molar refractivity (Wildman–Crippen MR) is 165 cm³/mol. The van der Waals surface area contributed by atoms with Gasteiger partial charge in [0, 0.05) is 56.7 Å². The Kier molecular flexibility index (Phi) is 11.3. The SMILES string of the molecule is CC1CN(C(=O)NC2CC(NC(=O)c3ccc(NC(=O)c4ncc(-c5cn(CC#N)nc5C(F)(F)F)n4C)cc3Cl)C2)CCN1.O=CO. The van der Waals surface area contributed by atoms with E-state index in [-0.39, 0.29) is 70.5 Å². The standard InChI is InChI=1S/C28H30ClF3N10O3.CH2O2/c1-15-13-41(8-6-34-15)27(45)38-18-9-17(10-18)37-25(43)19-4-3-16(11-21(19)29)36-26(44)24-35-12-22(40(24)2)20-14-42(7-5-33)39-23(20)28(30,31)32;2-1-3/h3-4,11-12,14-15,17-18,34H,6-10,13H2,1-2H3,(H,36,44)(H,37,43)(H,38,45);1H,(H,2,3). The summed E-state index contributed by atoms with van der Waals surface area (Å²) in [4.78, 5) is 52.4. The fraction of sp³-hybridized carbons (Fsp3) is 0.414. The number of halogens is 4. The normalized spacial score (nSPS) is 18.8. The molecule has 15 nitrogen and oxygen atoms in total. The molecule has 3 aromatic rings. The minimum atomic E-state index is -4.80. The van der Waals surface area contributed by atoms with Crippen LogP contribution < -0.4 is 21.3 Å². The van der Waals surface area contributed by atoms with Crippen LogP contribution >= 0.6 is 11.6 Å². The maximum atomic E-state index is 13.6. The topological polar surface area (TPSA) is 199 Å². The number of carboxylic acid groups (broad SMARTS) is 1. The fourth-order valence-corrected chi connectivity index (χ4v) is 5.57. The van der Waals surface area contributed by atoms with Gasteiger partial charge in [0.1, 0.15) is 6.54 Å². The van der Waals surface area contributed by atoms with E-state index >= 15 is 0 Å². The van der Waals surface area contributed by atoms with Crippen molar-refractivity contribution in [1.82, 2.24) is 40.2 Å². The molecule has 0 spiro atoms. The third-order valence-electron chi connectivity index (χ3n) is 7.66. The second kappa shape index (κ2) is 15.2. The molecule has 2 fully saturated rings. The molecular formula is C29H32ClF3N10O5. The van der Waals surface area contributed by atoms with Crippen LogP contribution in [-0.4, -0.2) is 91.4 Å². The molecule has 1 atom stereocenters. The maximum absolute atomic E-state index is 13.6. The van der Waals surface area contributed by atoms with Crippen LogP contribution in [-0.2, 0) is 24.6 Å². The lowest BCUT2D eigenvalue weighted by molar-refractivity contribution is -0.141.